The zero-order valence-electron chi connectivity index (χ0n) is 13.2. The highest BCUT2D eigenvalue weighted by Crippen LogP contribution is 2.34. The fourth-order valence-corrected chi connectivity index (χ4v) is 2.22. The third kappa shape index (κ3) is 5.34. The summed E-state index contributed by atoms with van der Waals surface area (Å²) in [5.41, 5.74) is 0.00926. The first-order chi connectivity index (χ1) is 11.4. The van der Waals surface area contributed by atoms with E-state index in [2.05, 4.69) is 10.3 Å². The highest BCUT2D eigenvalue weighted by Gasteiger charge is 2.33. The number of aromatic nitrogens is 1. The summed E-state index contributed by atoms with van der Waals surface area (Å²) in [6.45, 7) is 0.621. The number of benzene rings is 1. The fraction of sp³-hybridized carbons (Fsp3) is 0.294. The summed E-state index contributed by atoms with van der Waals surface area (Å²) in [5, 5.41) is 2.34. The number of nitrogens with one attached hydrogen (secondary N) is 1. The number of para-hydroxylation sites is 1. The quantitative estimate of drug-likeness (QED) is 0.880. The summed E-state index contributed by atoms with van der Waals surface area (Å²) in [5.74, 6) is -0.482. The number of amides is 1. The Kier molecular flexibility index (Phi) is 5.92. The molecule has 0 saturated heterocycles. The van der Waals surface area contributed by atoms with Gasteiger partial charge in [-0.25, -0.2) is 0 Å². The fourth-order valence-electron chi connectivity index (χ4n) is 2.22. The number of hydrogen-bond donors (Lipinski definition) is 1. The molecule has 0 fully saturated rings. The van der Waals surface area contributed by atoms with Gasteiger partial charge in [0.1, 0.15) is 0 Å². The van der Waals surface area contributed by atoms with Gasteiger partial charge in [-0.05, 0) is 43.3 Å². The Balaban J connectivity index is 1.89. The molecule has 0 unspecified atom stereocenters. The van der Waals surface area contributed by atoms with Gasteiger partial charge in [0, 0.05) is 18.9 Å². The zero-order chi connectivity index (χ0) is 17.6. The molecule has 1 N–H and O–H groups in total. The van der Waals surface area contributed by atoms with Crippen LogP contribution < -0.4 is 5.32 Å². The van der Waals surface area contributed by atoms with E-state index in [-0.39, 0.29) is 12.2 Å². The molecule has 1 heterocycles. The van der Waals surface area contributed by atoms with Crippen molar-refractivity contribution < 1.29 is 18.0 Å². The van der Waals surface area contributed by atoms with Crippen molar-refractivity contribution >= 4 is 11.6 Å². The third-order valence-electron chi connectivity index (χ3n) is 3.45. The van der Waals surface area contributed by atoms with Crippen LogP contribution in [0, 0.1) is 0 Å². The molecule has 0 spiro atoms. The minimum Gasteiger partial charge on any atom is -0.324 e. The molecule has 2 aromatic rings. The van der Waals surface area contributed by atoms with Crippen LogP contribution in [0.15, 0.2) is 48.8 Å². The summed E-state index contributed by atoms with van der Waals surface area (Å²) in [7, 11) is 1.75. The van der Waals surface area contributed by atoms with Crippen LogP contribution >= 0.6 is 0 Å². The van der Waals surface area contributed by atoms with Gasteiger partial charge >= 0.3 is 6.18 Å². The maximum absolute atomic E-state index is 12.9. The largest absolute Gasteiger partial charge is 0.418 e. The molecule has 128 valence electrons. The second-order valence-corrected chi connectivity index (χ2v) is 5.43. The van der Waals surface area contributed by atoms with Crippen molar-refractivity contribution in [3.8, 4) is 0 Å². The second kappa shape index (κ2) is 7.92. The van der Waals surface area contributed by atoms with Gasteiger partial charge in [-0.2, -0.15) is 13.2 Å². The van der Waals surface area contributed by atoms with Crippen molar-refractivity contribution in [3.63, 3.8) is 0 Å². The van der Waals surface area contributed by atoms with Crippen LogP contribution in [-0.2, 0) is 17.4 Å². The normalized spacial score (nSPS) is 11.5. The number of carbonyl (C=O) groups excluding carboxylic acids is 1. The van der Waals surface area contributed by atoms with Crippen LogP contribution in [0.1, 0.15) is 11.1 Å². The van der Waals surface area contributed by atoms with Gasteiger partial charge in [-0.1, -0.05) is 12.1 Å². The van der Waals surface area contributed by atoms with Gasteiger partial charge in [-0.3, -0.25) is 14.7 Å². The van der Waals surface area contributed by atoms with Crippen LogP contribution in [-0.4, -0.2) is 35.9 Å². The topological polar surface area (TPSA) is 45.2 Å². The van der Waals surface area contributed by atoms with E-state index in [0.717, 1.165) is 18.1 Å². The van der Waals surface area contributed by atoms with Crippen LogP contribution in [0.3, 0.4) is 0 Å². The number of carbonyl (C=O) groups is 1. The molecule has 0 bridgehead atoms. The number of anilines is 1. The first-order valence-corrected chi connectivity index (χ1v) is 7.40. The Morgan fingerprint density at radius 1 is 1.17 bits per heavy atom. The third-order valence-corrected chi connectivity index (χ3v) is 3.45. The first kappa shape index (κ1) is 17.9. The predicted octanol–water partition coefficient (Wildman–Crippen LogP) is 3.21. The number of pyridine rings is 1. The van der Waals surface area contributed by atoms with Gasteiger partial charge in [0.2, 0.25) is 5.91 Å². The van der Waals surface area contributed by atoms with Gasteiger partial charge in [0.25, 0.3) is 0 Å². The van der Waals surface area contributed by atoms with Crippen molar-refractivity contribution in [1.29, 1.82) is 0 Å². The minimum atomic E-state index is -4.50. The van der Waals surface area contributed by atoms with Crippen LogP contribution in [0.4, 0.5) is 18.9 Å². The molecule has 1 amide bonds. The summed E-state index contributed by atoms with van der Waals surface area (Å²) < 4.78 is 38.7. The van der Waals surface area contributed by atoms with Crippen molar-refractivity contribution in [2.45, 2.75) is 12.6 Å². The smallest absolute Gasteiger partial charge is 0.324 e. The van der Waals surface area contributed by atoms with Gasteiger partial charge in [-0.15, -0.1) is 0 Å². The standard InChI is InChI=1S/C17H18F3N3O/c1-23(11-8-13-6-9-21-10-7-13)12-16(24)22-15-5-3-2-4-14(15)17(18,19)20/h2-7,9-10H,8,11-12H2,1H3,(H,22,24). The maximum Gasteiger partial charge on any atom is 0.418 e. The van der Waals surface area contributed by atoms with Crippen molar-refractivity contribution in [1.82, 2.24) is 9.88 Å². The molecule has 0 aliphatic rings. The molecule has 0 aliphatic carbocycles. The lowest BCUT2D eigenvalue weighted by molar-refractivity contribution is -0.137. The van der Waals surface area contributed by atoms with E-state index in [1.165, 1.54) is 18.2 Å². The van der Waals surface area contributed by atoms with E-state index in [0.29, 0.717) is 6.54 Å². The highest BCUT2D eigenvalue weighted by atomic mass is 19.4. The van der Waals surface area contributed by atoms with Crippen molar-refractivity contribution in [3.05, 3.63) is 59.9 Å². The Labute approximate surface area is 138 Å². The van der Waals surface area contributed by atoms with Crippen LogP contribution in [0.2, 0.25) is 0 Å². The SMILES string of the molecule is CN(CCc1ccncc1)CC(=O)Nc1ccccc1C(F)(F)F. The van der Waals surface area contributed by atoms with E-state index >= 15 is 0 Å². The van der Waals surface area contributed by atoms with E-state index in [1.54, 1.807) is 24.3 Å². The minimum absolute atomic E-state index is 0.0112. The maximum atomic E-state index is 12.9. The van der Waals surface area contributed by atoms with Crippen molar-refractivity contribution in [2.75, 3.05) is 25.5 Å². The highest BCUT2D eigenvalue weighted by molar-refractivity contribution is 5.93. The number of nitrogens with zero attached hydrogens (tertiary/aromatic N) is 2. The molecular weight excluding hydrogens is 319 g/mol. The first-order valence-electron chi connectivity index (χ1n) is 7.40. The zero-order valence-corrected chi connectivity index (χ0v) is 13.2. The Bertz CT molecular complexity index is 674. The lowest BCUT2D eigenvalue weighted by Crippen LogP contribution is -2.32. The average Bonchev–Trinajstić information content (AvgIpc) is 2.53. The molecule has 24 heavy (non-hydrogen) atoms. The van der Waals surface area contributed by atoms with Gasteiger partial charge < -0.3 is 5.32 Å². The molecule has 2 rings (SSSR count). The molecule has 0 saturated carbocycles. The molecule has 1 aromatic carbocycles. The Hall–Kier alpha value is -2.41. The molecule has 4 nitrogen and oxygen atoms in total. The van der Waals surface area contributed by atoms with Crippen LogP contribution in [0.5, 0.6) is 0 Å². The number of hydrogen-bond acceptors (Lipinski definition) is 3. The van der Waals surface area contributed by atoms with E-state index in [1.807, 2.05) is 12.1 Å². The molecule has 0 atom stereocenters. The molecule has 7 heteroatoms. The number of alkyl halides is 3. The molecule has 0 radical (unpaired) electrons. The summed E-state index contributed by atoms with van der Waals surface area (Å²) >= 11 is 0. The van der Waals surface area contributed by atoms with Crippen molar-refractivity contribution in [2.24, 2.45) is 0 Å². The summed E-state index contributed by atoms with van der Waals surface area (Å²) in [6, 6.07) is 8.71. The van der Waals surface area contributed by atoms with Gasteiger partial charge in [0.15, 0.2) is 0 Å². The van der Waals surface area contributed by atoms with Crippen LogP contribution in [0.25, 0.3) is 0 Å². The average molecular weight is 337 g/mol. The Morgan fingerprint density at radius 3 is 2.50 bits per heavy atom. The number of likely N-dealkylation sites (N-methyl/N-ethyl adjacent to an activating group) is 1. The van der Waals surface area contributed by atoms with Gasteiger partial charge in [0.05, 0.1) is 17.8 Å². The van der Waals surface area contributed by atoms with E-state index < -0.39 is 17.6 Å². The van der Waals surface area contributed by atoms with E-state index in [4.69, 9.17) is 0 Å². The second-order valence-electron chi connectivity index (χ2n) is 5.43. The summed E-state index contributed by atoms with van der Waals surface area (Å²) in [6.07, 6.45) is -0.394. The molecular formula is C17H18F3N3O. The molecule has 1 aromatic heterocycles. The monoisotopic (exact) mass is 337 g/mol. The van der Waals surface area contributed by atoms with E-state index in [9.17, 15) is 18.0 Å². The number of rotatable bonds is 6. The Morgan fingerprint density at radius 2 is 1.83 bits per heavy atom. The summed E-state index contributed by atoms with van der Waals surface area (Å²) in [4.78, 5) is 17.7. The lowest BCUT2D eigenvalue weighted by atomic mass is 10.1. The predicted molar refractivity (Wildman–Crippen MR) is 85.5 cm³/mol. The lowest BCUT2D eigenvalue weighted by Gasteiger charge is -2.18. The molecule has 0 aliphatic heterocycles. The number of halogens is 3.